The Morgan fingerprint density at radius 1 is 1.10 bits per heavy atom. The zero-order valence-electron chi connectivity index (χ0n) is 11.1. The predicted octanol–water partition coefficient (Wildman–Crippen LogP) is 5.03. The SMILES string of the molecule is CC(Nc1cc2c(cc1Cl)OCO2)c1ccc(F)c(Cl)c1. The quantitative estimate of drug-likeness (QED) is 0.857. The van der Waals surface area contributed by atoms with Gasteiger partial charge in [0.2, 0.25) is 6.79 Å². The molecule has 110 valence electrons. The highest BCUT2D eigenvalue weighted by Gasteiger charge is 2.18. The third-order valence-electron chi connectivity index (χ3n) is 3.28. The summed E-state index contributed by atoms with van der Waals surface area (Å²) in [6, 6.07) is 8.01. The van der Waals surface area contributed by atoms with E-state index in [4.69, 9.17) is 32.7 Å². The molecule has 0 bridgehead atoms. The number of halogens is 3. The first kappa shape index (κ1) is 14.3. The Morgan fingerprint density at radius 2 is 1.81 bits per heavy atom. The third-order valence-corrected chi connectivity index (χ3v) is 3.88. The van der Waals surface area contributed by atoms with Gasteiger partial charge in [0.25, 0.3) is 0 Å². The number of nitrogens with one attached hydrogen (secondary N) is 1. The van der Waals surface area contributed by atoms with Crippen molar-refractivity contribution in [3.05, 3.63) is 51.8 Å². The highest BCUT2D eigenvalue weighted by molar-refractivity contribution is 6.33. The average molecular weight is 328 g/mol. The second kappa shape index (κ2) is 5.62. The number of anilines is 1. The lowest BCUT2D eigenvalue weighted by molar-refractivity contribution is 0.174. The molecule has 6 heteroatoms. The van der Waals surface area contributed by atoms with E-state index >= 15 is 0 Å². The lowest BCUT2D eigenvalue weighted by atomic mass is 10.1. The van der Waals surface area contributed by atoms with Crippen molar-refractivity contribution in [2.45, 2.75) is 13.0 Å². The van der Waals surface area contributed by atoms with Crippen LogP contribution in [0.5, 0.6) is 11.5 Å². The summed E-state index contributed by atoms with van der Waals surface area (Å²) < 4.78 is 23.8. The van der Waals surface area contributed by atoms with Crippen LogP contribution in [0.1, 0.15) is 18.5 Å². The van der Waals surface area contributed by atoms with Gasteiger partial charge in [0.15, 0.2) is 11.5 Å². The van der Waals surface area contributed by atoms with Crippen LogP contribution in [0, 0.1) is 5.82 Å². The number of hydrogen-bond acceptors (Lipinski definition) is 3. The molecule has 0 radical (unpaired) electrons. The van der Waals surface area contributed by atoms with Crippen LogP contribution in [0.2, 0.25) is 10.0 Å². The first-order valence-corrected chi connectivity index (χ1v) is 7.11. The van der Waals surface area contributed by atoms with Crippen LogP contribution < -0.4 is 14.8 Å². The molecule has 2 aromatic carbocycles. The summed E-state index contributed by atoms with van der Waals surface area (Å²) in [6.45, 7) is 2.13. The Bertz CT molecular complexity index is 694. The first-order valence-electron chi connectivity index (χ1n) is 6.35. The van der Waals surface area contributed by atoms with Gasteiger partial charge < -0.3 is 14.8 Å². The lowest BCUT2D eigenvalue weighted by Crippen LogP contribution is -2.07. The van der Waals surface area contributed by atoms with Gasteiger partial charge >= 0.3 is 0 Å². The molecule has 0 amide bonds. The molecule has 3 nitrogen and oxygen atoms in total. The third kappa shape index (κ3) is 2.87. The second-order valence-corrected chi connectivity index (χ2v) is 5.54. The minimum atomic E-state index is -0.436. The summed E-state index contributed by atoms with van der Waals surface area (Å²) in [5, 5.41) is 3.88. The van der Waals surface area contributed by atoms with E-state index < -0.39 is 5.82 Å². The van der Waals surface area contributed by atoms with Gasteiger partial charge in [-0.05, 0) is 24.6 Å². The summed E-state index contributed by atoms with van der Waals surface area (Å²) in [4.78, 5) is 0. The summed E-state index contributed by atoms with van der Waals surface area (Å²) >= 11 is 12.0. The topological polar surface area (TPSA) is 30.5 Å². The van der Waals surface area contributed by atoms with E-state index in [9.17, 15) is 4.39 Å². The Labute approximate surface area is 131 Å². The smallest absolute Gasteiger partial charge is 0.231 e. The fraction of sp³-hybridized carbons (Fsp3) is 0.200. The second-order valence-electron chi connectivity index (χ2n) is 4.72. The molecule has 1 unspecified atom stereocenters. The van der Waals surface area contributed by atoms with E-state index in [1.54, 1.807) is 24.3 Å². The van der Waals surface area contributed by atoms with Crippen molar-refractivity contribution in [2.24, 2.45) is 0 Å². The van der Waals surface area contributed by atoms with Crippen LogP contribution in [0.15, 0.2) is 30.3 Å². The Morgan fingerprint density at radius 3 is 2.52 bits per heavy atom. The van der Waals surface area contributed by atoms with Crippen LogP contribution in [-0.4, -0.2) is 6.79 Å². The van der Waals surface area contributed by atoms with Gasteiger partial charge in [0.05, 0.1) is 15.7 Å². The molecule has 1 atom stereocenters. The fourth-order valence-corrected chi connectivity index (χ4v) is 2.52. The maximum absolute atomic E-state index is 13.2. The number of benzene rings is 2. The first-order chi connectivity index (χ1) is 10.0. The van der Waals surface area contributed by atoms with Crippen LogP contribution in [0.4, 0.5) is 10.1 Å². The Balaban J connectivity index is 1.84. The van der Waals surface area contributed by atoms with Crippen LogP contribution in [-0.2, 0) is 0 Å². The molecule has 2 aromatic rings. The molecule has 0 aromatic heterocycles. The van der Waals surface area contributed by atoms with Gasteiger partial charge in [-0.3, -0.25) is 0 Å². The predicted molar refractivity (Wildman–Crippen MR) is 81.0 cm³/mol. The van der Waals surface area contributed by atoms with Crippen molar-refractivity contribution in [2.75, 3.05) is 12.1 Å². The maximum atomic E-state index is 13.2. The highest BCUT2D eigenvalue weighted by atomic mass is 35.5. The Hall–Kier alpha value is -1.65. The van der Waals surface area contributed by atoms with Crippen molar-refractivity contribution >= 4 is 28.9 Å². The van der Waals surface area contributed by atoms with Crippen molar-refractivity contribution in [3.63, 3.8) is 0 Å². The van der Waals surface area contributed by atoms with E-state index in [0.29, 0.717) is 22.2 Å². The fourth-order valence-electron chi connectivity index (χ4n) is 2.13. The molecule has 0 saturated carbocycles. The molecule has 3 rings (SSSR count). The molecular formula is C15H12Cl2FNO2. The van der Waals surface area contributed by atoms with Gasteiger partial charge in [-0.25, -0.2) is 4.39 Å². The standard InChI is InChI=1S/C15H12Cl2FNO2/c1-8(9-2-3-12(18)10(16)4-9)19-13-6-15-14(5-11(13)17)20-7-21-15/h2-6,8,19H,7H2,1H3. The van der Waals surface area contributed by atoms with E-state index in [-0.39, 0.29) is 17.9 Å². The number of rotatable bonds is 3. The zero-order valence-corrected chi connectivity index (χ0v) is 12.6. The van der Waals surface area contributed by atoms with Gasteiger partial charge in [0.1, 0.15) is 5.82 Å². The van der Waals surface area contributed by atoms with Gasteiger partial charge in [0, 0.05) is 18.2 Å². The summed E-state index contributed by atoms with van der Waals surface area (Å²) in [5.74, 6) is 0.836. The summed E-state index contributed by atoms with van der Waals surface area (Å²) in [7, 11) is 0. The van der Waals surface area contributed by atoms with Crippen LogP contribution in [0.3, 0.4) is 0 Å². The summed E-state index contributed by atoms with van der Waals surface area (Å²) in [6.07, 6.45) is 0. The molecule has 1 heterocycles. The van der Waals surface area contributed by atoms with E-state index in [0.717, 1.165) is 5.56 Å². The zero-order chi connectivity index (χ0) is 15.0. The van der Waals surface area contributed by atoms with Gasteiger partial charge in [-0.1, -0.05) is 29.3 Å². The number of ether oxygens (including phenoxy) is 2. The van der Waals surface area contributed by atoms with Crippen molar-refractivity contribution in [1.82, 2.24) is 0 Å². The highest BCUT2D eigenvalue weighted by Crippen LogP contribution is 2.40. The van der Waals surface area contributed by atoms with E-state index in [1.165, 1.54) is 6.07 Å². The van der Waals surface area contributed by atoms with Gasteiger partial charge in [-0.15, -0.1) is 0 Å². The van der Waals surface area contributed by atoms with Crippen molar-refractivity contribution < 1.29 is 13.9 Å². The van der Waals surface area contributed by atoms with Crippen LogP contribution >= 0.6 is 23.2 Å². The molecule has 1 aliphatic rings. The van der Waals surface area contributed by atoms with Crippen LogP contribution in [0.25, 0.3) is 0 Å². The minimum absolute atomic E-state index is 0.0953. The maximum Gasteiger partial charge on any atom is 0.231 e. The van der Waals surface area contributed by atoms with Gasteiger partial charge in [-0.2, -0.15) is 0 Å². The Kier molecular flexibility index (Phi) is 3.83. The average Bonchev–Trinajstić information content (AvgIpc) is 2.89. The molecule has 1 N–H and O–H groups in total. The number of hydrogen-bond donors (Lipinski definition) is 1. The lowest BCUT2D eigenvalue weighted by Gasteiger charge is -2.17. The molecule has 0 spiro atoms. The normalized spacial score (nSPS) is 14.1. The van der Waals surface area contributed by atoms with Crippen molar-refractivity contribution in [1.29, 1.82) is 0 Å². The van der Waals surface area contributed by atoms with E-state index in [1.807, 2.05) is 6.92 Å². The largest absolute Gasteiger partial charge is 0.454 e. The monoisotopic (exact) mass is 327 g/mol. The van der Waals surface area contributed by atoms with E-state index in [2.05, 4.69) is 5.32 Å². The molecule has 21 heavy (non-hydrogen) atoms. The molecular weight excluding hydrogens is 316 g/mol. The number of fused-ring (bicyclic) bond motifs is 1. The molecule has 0 aliphatic carbocycles. The molecule has 1 aliphatic heterocycles. The molecule has 0 saturated heterocycles. The minimum Gasteiger partial charge on any atom is -0.454 e. The summed E-state index contributed by atoms with van der Waals surface area (Å²) in [5.41, 5.74) is 1.57. The van der Waals surface area contributed by atoms with Crippen molar-refractivity contribution in [3.8, 4) is 11.5 Å². The molecule has 0 fully saturated rings.